The molecule has 1 saturated heterocycles. The van der Waals surface area contributed by atoms with E-state index >= 15 is 0 Å². The molecule has 0 radical (unpaired) electrons. The van der Waals surface area contributed by atoms with E-state index in [0.29, 0.717) is 22.8 Å². The number of carbonyl (C=O) groups excluding carboxylic acids is 1. The highest BCUT2D eigenvalue weighted by atomic mass is 32.1. The second-order valence-corrected chi connectivity index (χ2v) is 5.91. The van der Waals surface area contributed by atoms with Crippen molar-refractivity contribution in [2.45, 2.75) is 26.3 Å². The number of nitrogens with two attached hydrogens (primary N) is 1. The molecule has 0 spiro atoms. The number of rotatable bonds is 4. The molecule has 1 aromatic heterocycles. The second-order valence-electron chi connectivity index (χ2n) is 5.02. The van der Waals surface area contributed by atoms with Crippen LogP contribution in [0.2, 0.25) is 0 Å². The Morgan fingerprint density at radius 1 is 1.72 bits per heavy atom. The van der Waals surface area contributed by atoms with Gasteiger partial charge in [-0.05, 0) is 32.7 Å². The van der Waals surface area contributed by atoms with Crippen LogP contribution in [0.15, 0.2) is 5.38 Å². The Balaban J connectivity index is 1.77. The number of thiazole rings is 1. The van der Waals surface area contributed by atoms with E-state index in [9.17, 15) is 4.79 Å². The van der Waals surface area contributed by atoms with Crippen LogP contribution in [-0.4, -0.2) is 41.5 Å². The molecule has 1 atom stereocenters. The Labute approximate surface area is 111 Å². The van der Waals surface area contributed by atoms with E-state index in [-0.39, 0.29) is 5.91 Å². The zero-order valence-corrected chi connectivity index (χ0v) is 11.7. The van der Waals surface area contributed by atoms with Crippen molar-refractivity contribution in [1.29, 1.82) is 0 Å². The largest absolute Gasteiger partial charge is 0.375 e. The molecule has 0 aliphatic carbocycles. The summed E-state index contributed by atoms with van der Waals surface area (Å²) in [5.74, 6) is 0.429. The van der Waals surface area contributed by atoms with Crippen molar-refractivity contribution in [2.24, 2.45) is 5.92 Å². The quantitative estimate of drug-likeness (QED) is 0.860. The number of likely N-dealkylation sites (tertiary alicyclic amines) is 1. The van der Waals surface area contributed by atoms with Crippen molar-refractivity contribution in [2.75, 3.05) is 25.4 Å². The first kappa shape index (κ1) is 13.3. The molecule has 18 heavy (non-hydrogen) atoms. The first-order valence-electron chi connectivity index (χ1n) is 6.29. The number of amides is 1. The fourth-order valence-electron chi connectivity index (χ4n) is 2.22. The lowest BCUT2D eigenvalue weighted by molar-refractivity contribution is 0.0943. The first-order valence-corrected chi connectivity index (χ1v) is 7.17. The van der Waals surface area contributed by atoms with Crippen LogP contribution in [0.4, 0.5) is 5.13 Å². The molecule has 1 unspecified atom stereocenters. The van der Waals surface area contributed by atoms with Crippen molar-refractivity contribution in [3.05, 3.63) is 11.1 Å². The average molecular weight is 268 g/mol. The number of nitrogen functional groups attached to an aromatic ring is 1. The molecular formula is C12H20N4OS. The van der Waals surface area contributed by atoms with Crippen molar-refractivity contribution >= 4 is 22.4 Å². The Bertz CT molecular complexity index is 418. The Morgan fingerprint density at radius 2 is 2.50 bits per heavy atom. The zero-order chi connectivity index (χ0) is 13.1. The molecule has 100 valence electrons. The predicted molar refractivity (Wildman–Crippen MR) is 73.7 cm³/mol. The van der Waals surface area contributed by atoms with Gasteiger partial charge >= 0.3 is 0 Å². The third-order valence-corrected chi connectivity index (χ3v) is 4.03. The summed E-state index contributed by atoms with van der Waals surface area (Å²) in [6.07, 6.45) is 1.15. The maximum absolute atomic E-state index is 11.8. The van der Waals surface area contributed by atoms with Gasteiger partial charge < -0.3 is 16.0 Å². The number of nitrogens with zero attached hydrogens (tertiary/aromatic N) is 2. The Morgan fingerprint density at radius 3 is 3.06 bits per heavy atom. The minimum atomic E-state index is -0.119. The molecule has 0 aromatic carbocycles. The van der Waals surface area contributed by atoms with Gasteiger partial charge in [0.1, 0.15) is 5.69 Å². The first-order chi connectivity index (χ1) is 8.56. The van der Waals surface area contributed by atoms with Crippen LogP contribution >= 0.6 is 11.3 Å². The van der Waals surface area contributed by atoms with E-state index in [2.05, 4.69) is 29.0 Å². The van der Waals surface area contributed by atoms with E-state index in [1.807, 2.05) is 0 Å². The van der Waals surface area contributed by atoms with Gasteiger partial charge in [-0.3, -0.25) is 4.79 Å². The van der Waals surface area contributed by atoms with E-state index in [4.69, 9.17) is 5.73 Å². The van der Waals surface area contributed by atoms with Gasteiger partial charge in [-0.15, -0.1) is 11.3 Å². The summed E-state index contributed by atoms with van der Waals surface area (Å²) in [6, 6.07) is 0.587. The van der Waals surface area contributed by atoms with Gasteiger partial charge in [-0.2, -0.15) is 0 Å². The van der Waals surface area contributed by atoms with Gasteiger partial charge in [0.2, 0.25) is 0 Å². The Hall–Kier alpha value is -1.14. The highest BCUT2D eigenvalue weighted by Gasteiger charge is 2.24. The molecule has 6 heteroatoms. The molecule has 1 aliphatic heterocycles. The number of aromatic nitrogens is 1. The van der Waals surface area contributed by atoms with E-state index in [1.165, 1.54) is 11.3 Å². The van der Waals surface area contributed by atoms with Crippen LogP contribution in [-0.2, 0) is 0 Å². The SMILES string of the molecule is CC(C)N1CCC(CNC(=O)c2csc(N)n2)C1. The molecule has 3 N–H and O–H groups in total. The molecule has 0 saturated carbocycles. The van der Waals surface area contributed by atoms with Gasteiger partial charge in [0.15, 0.2) is 5.13 Å². The molecule has 1 fully saturated rings. The summed E-state index contributed by atoms with van der Waals surface area (Å²) in [5.41, 5.74) is 5.93. The molecule has 1 aromatic rings. The molecule has 2 heterocycles. The number of carbonyl (C=O) groups is 1. The van der Waals surface area contributed by atoms with Crippen LogP contribution in [0.1, 0.15) is 30.8 Å². The molecule has 5 nitrogen and oxygen atoms in total. The van der Waals surface area contributed by atoms with E-state index in [0.717, 1.165) is 26.1 Å². The smallest absolute Gasteiger partial charge is 0.270 e. The fourth-order valence-corrected chi connectivity index (χ4v) is 2.76. The lowest BCUT2D eigenvalue weighted by atomic mass is 10.1. The normalized spacial score (nSPS) is 20.5. The number of hydrogen-bond donors (Lipinski definition) is 2. The Kier molecular flexibility index (Phi) is 4.19. The van der Waals surface area contributed by atoms with Gasteiger partial charge in [0.05, 0.1) is 0 Å². The van der Waals surface area contributed by atoms with Crippen LogP contribution in [0.5, 0.6) is 0 Å². The van der Waals surface area contributed by atoms with Crippen LogP contribution in [0.3, 0.4) is 0 Å². The van der Waals surface area contributed by atoms with Gasteiger partial charge in [0, 0.05) is 24.5 Å². The molecular weight excluding hydrogens is 248 g/mol. The monoisotopic (exact) mass is 268 g/mol. The summed E-state index contributed by atoms with van der Waals surface area (Å²) >= 11 is 1.29. The number of nitrogens with one attached hydrogen (secondary N) is 1. The zero-order valence-electron chi connectivity index (χ0n) is 10.8. The lowest BCUT2D eigenvalue weighted by Crippen LogP contribution is -2.33. The highest BCUT2D eigenvalue weighted by molar-refractivity contribution is 7.13. The maximum atomic E-state index is 11.8. The van der Waals surface area contributed by atoms with Crippen LogP contribution in [0, 0.1) is 5.92 Å². The van der Waals surface area contributed by atoms with E-state index in [1.54, 1.807) is 5.38 Å². The van der Waals surface area contributed by atoms with Gasteiger partial charge in [-0.25, -0.2) is 4.98 Å². The summed E-state index contributed by atoms with van der Waals surface area (Å²) in [5, 5.41) is 5.07. The van der Waals surface area contributed by atoms with Crippen molar-refractivity contribution < 1.29 is 4.79 Å². The minimum absolute atomic E-state index is 0.119. The van der Waals surface area contributed by atoms with Gasteiger partial charge in [0.25, 0.3) is 5.91 Å². The van der Waals surface area contributed by atoms with Crippen LogP contribution in [0.25, 0.3) is 0 Å². The van der Waals surface area contributed by atoms with Gasteiger partial charge in [-0.1, -0.05) is 0 Å². The van der Waals surface area contributed by atoms with E-state index < -0.39 is 0 Å². The van der Waals surface area contributed by atoms with Crippen LogP contribution < -0.4 is 11.1 Å². The third kappa shape index (κ3) is 3.20. The minimum Gasteiger partial charge on any atom is -0.375 e. The third-order valence-electron chi connectivity index (χ3n) is 3.35. The summed E-state index contributed by atoms with van der Waals surface area (Å²) < 4.78 is 0. The average Bonchev–Trinajstić information content (AvgIpc) is 2.94. The number of hydrogen-bond acceptors (Lipinski definition) is 5. The summed E-state index contributed by atoms with van der Waals surface area (Å²) in [6.45, 7) is 7.33. The summed E-state index contributed by atoms with van der Waals surface area (Å²) in [7, 11) is 0. The van der Waals surface area contributed by atoms with Crippen molar-refractivity contribution in [1.82, 2.24) is 15.2 Å². The summed E-state index contributed by atoms with van der Waals surface area (Å²) in [4.78, 5) is 18.2. The molecule has 1 amide bonds. The standard InChI is InChI=1S/C12H20N4OS/c1-8(2)16-4-3-9(6-16)5-14-11(17)10-7-18-12(13)15-10/h7-9H,3-6H2,1-2H3,(H2,13,15)(H,14,17). The predicted octanol–water partition coefficient (Wildman–Crippen LogP) is 1.19. The number of anilines is 1. The highest BCUT2D eigenvalue weighted by Crippen LogP contribution is 2.18. The maximum Gasteiger partial charge on any atom is 0.270 e. The lowest BCUT2D eigenvalue weighted by Gasteiger charge is -2.20. The molecule has 0 bridgehead atoms. The van der Waals surface area contributed by atoms with Crippen molar-refractivity contribution in [3.8, 4) is 0 Å². The molecule has 1 aliphatic rings. The fraction of sp³-hybridized carbons (Fsp3) is 0.667. The second kappa shape index (κ2) is 5.67. The van der Waals surface area contributed by atoms with Crippen molar-refractivity contribution in [3.63, 3.8) is 0 Å². The molecule has 2 rings (SSSR count). The topological polar surface area (TPSA) is 71.2 Å².